The van der Waals surface area contributed by atoms with E-state index in [2.05, 4.69) is 39.8 Å². The summed E-state index contributed by atoms with van der Waals surface area (Å²) in [5.74, 6) is 1.54. The Morgan fingerprint density at radius 3 is 2.45 bits per heavy atom. The van der Waals surface area contributed by atoms with Gasteiger partial charge in [-0.3, -0.25) is 0 Å². The van der Waals surface area contributed by atoms with Gasteiger partial charge in [0.2, 0.25) is 0 Å². The molecular weight excluding hydrogens is 368 g/mol. The van der Waals surface area contributed by atoms with Crippen molar-refractivity contribution in [2.45, 2.75) is 84.1 Å². The largest absolute Gasteiger partial charge is 0.392 e. The van der Waals surface area contributed by atoms with Gasteiger partial charge < -0.3 is 24.1 Å². The highest BCUT2D eigenvalue weighted by Crippen LogP contribution is 2.49. The fourth-order valence-corrected chi connectivity index (χ4v) is 4.83. The standard InChI is InChI=1S/C24H42O5/c1-8-20(26-5)17(4)18-14-19(18)23(25)15(2)10-9-11-16(3)24-21(27-6)12-13-22(28-7)29-24/h9-11,15,17-25H,8,12-14H2,1-7H3/b10-9+,16-11+/t15-,17-,18-,19+,20-,21-,22+,23+,24-/m0/s1. The molecule has 1 saturated heterocycles. The normalized spacial score (nSPS) is 34.8. The fraction of sp³-hybridized carbons (Fsp3) is 0.833. The Kier molecular flexibility index (Phi) is 9.83. The number of methoxy groups -OCH3 is 3. The SMILES string of the molecule is CC[C@H](OC)[C@@H](C)[C@@H]1C[C@H]1[C@H](O)[C@@H](C)/C=C/C=C(\C)[C@@H]1O[C@@H](OC)CC[C@@H]1OC. The number of ether oxygens (including phenoxy) is 4. The van der Waals surface area contributed by atoms with Crippen molar-refractivity contribution in [1.29, 1.82) is 0 Å². The van der Waals surface area contributed by atoms with Gasteiger partial charge in [0, 0.05) is 33.7 Å². The molecule has 1 aliphatic carbocycles. The van der Waals surface area contributed by atoms with Gasteiger partial charge in [0.05, 0.1) is 18.3 Å². The van der Waals surface area contributed by atoms with Crippen LogP contribution in [0.3, 0.4) is 0 Å². The van der Waals surface area contributed by atoms with Gasteiger partial charge in [-0.15, -0.1) is 0 Å². The Bertz CT molecular complexity index is 541. The van der Waals surface area contributed by atoms with Crippen molar-refractivity contribution in [3.8, 4) is 0 Å². The summed E-state index contributed by atoms with van der Waals surface area (Å²) in [6.07, 6.45) is 9.85. The van der Waals surface area contributed by atoms with Crippen LogP contribution < -0.4 is 0 Å². The van der Waals surface area contributed by atoms with Crippen molar-refractivity contribution in [3.63, 3.8) is 0 Å². The van der Waals surface area contributed by atoms with Gasteiger partial charge in [-0.25, -0.2) is 0 Å². The van der Waals surface area contributed by atoms with E-state index in [-0.39, 0.29) is 36.6 Å². The Hall–Kier alpha value is -0.720. The molecule has 5 nitrogen and oxygen atoms in total. The Balaban J connectivity index is 1.90. The smallest absolute Gasteiger partial charge is 0.158 e. The molecule has 0 aromatic heterocycles. The van der Waals surface area contributed by atoms with Gasteiger partial charge in [-0.05, 0) is 49.5 Å². The van der Waals surface area contributed by atoms with Gasteiger partial charge in [-0.1, -0.05) is 39.0 Å². The van der Waals surface area contributed by atoms with Crippen molar-refractivity contribution >= 4 is 0 Å². The van der Waals surface area contributed by atoms with E-state index in [4.69, 9.17) is 18.9 Å². The minimum atomic E-state index is -0.308. The second-order valence-corrected chi connectivity index (χ2v) is 8.82. The summed E-state index contributed by atoms with van der Waals surface area (Å²) in [5.41, 5.74) is 1.11. The molecule has 0 spiro atoms. The molecular formula is C24H42O5. The topological polar surface area (TPSA) is 57.2 Å². The predicted molar refractivity (Wildman–Crippen MR) is 116 cm³/mol. The van der Waals surface area contributed by atoms with Gasteiger partial charge in [0.15, 0.2) is 6.29 Å². The lowest BCUT2D eigenvalue weighted by Gasteiger charge is -2.35. The predicted octanol–water partition coefficient (Wildman–Crippen LogP) is 4.35. The van der Waals surface area contributed by atoms with E-state index in [9.17, 15) is 5.11 Å². The summed E-state index contributed by atoms with van der Waals surface area (Å²) in [5, 5.41) is 10.8. The lowest BCUT2D eigenvalue weighted by molar-refractivity contribution is -0.205. The molecule has 0 radical (unpaired) electrons. The summed E-state index contributed by atoms with van der Waals surface area (Å²) in [6.45, 7) is 8.57. The first-order valence-corrected chi connectivity index (χ1v) is 11.1. The van der Waals surface area contributed by atoms with Gasteiger partial charge in [-0.2, -0.15) is 0 Å². The van der Waals surface area contributed by atoms with E-state index in [0.717, 1.165) is 31.3 Å². The first-order chi connectivity index (χ1) is 13.9. The highest BCUT2D eigenvalue weighted by Gasteiger charge is 2.48. The molecule has 168 valence electrons. The molecule has 2 fully saturated rings. The maximum atomic E-state index is 10.8. The molecule has 1 heterocycles. The molecule has 2 rings (SSSR count). The van der Waals surface area contributed by atoms with E-state index < -0.39 is 0 Å². The van der Waals surface area contributed by atoms with Crippen LogP contribution in [-0.2, 0) is 18.9 Å². The highest BCUT2D eigenvalue weighted by molar-refractivity contribution is 5.17. The first-order valence-electron chi connectivity index (χ1n) is 11.1. The summed E-state index contributed by atoms with van der Waals surface area (Å²) in [4.78, 5) is 0. The van der Waals surface area contributed by atoms with Crippen LogP contribution >= 0.6 is 0 Å². The van der Waals surface area contributed by atoms with Crippen LogP contribution in [0.4, 0.5) is 0 Å². The zero-order valence-corrected chi connectivity index (χ0v) is 19.3. The summed E-state index contributed by atoms with van der Waals surface area (Å²) >= 11 is 0. The summed E-state index contributed by atoms with van der Waals surface area (Å²) in [6, 6.07) is 0. The van der Waals surface area contributed by atoms with Crippen LogP contribution in [0, 0.1) is 23.7 Å². The number of allylic oxidation sites excluding steroid dienone is 2. The third-order valence-corrected chi connectivity index (χ3v) is 6.95. The van der Waals surface area contributed by atoms with Crippen LogP contribution in [0.25, 0.3) is 0 Å². The second-order valence-electron chi connectivity index (χ2n) is 8.82. The van der Waals surface area contributed by atoms with Crippen molar-refractivity contribution in [2.75, 3.05) is 21.3 Å². The van der Waals surface area contributed by atoms with E-state index in [1.165, 1.54) is 0 Å². The molecule has 0 aromatic carbocycles. The molecule has 2 aliphatic rings. The van der Waals surface area contributed by atoms with Crippen LogP contribution in [0.15, 0.2) is 23.8 Å². The number of hydrogen-bond donors (Lipinski definition) is 1. The zero-order valence-electron chi connectivity index (χ0n) is 19.3. The molecule has 9 atom stereocenters. The van der Waals surface area contributed by atoms with Crippen molar-refractivity contribution in [2.24, 2.45) is 23.7 Å². The molecule has 5 heteroatoms. The third kappa shape index (κ3) is 6.38. The van der Waals surface area contributed by atoms with Crippen LogP contribution in [-0.4, -0.2) is 57.1 Å². The van der Waals surface area contributed by atoms with Crippen LogP contribution in [0.2, 0.25) is 0 Å². The maximum absolute atomic E-state index is 10.8. The summed E-state index contributed by atoms with van der Waals surface area (Å²) in [7, 11) is 5.20. The summed E-state index contributed by atoms with van der Waals surface area (Å²) < 4.78 is 22.6. The number of aliphatic hydroxyl groups excluding tert-OH is 1. The lowest BCUT2D eigenvalue weighted by atomic mass is 9.91. The Morgan fingerprint density at radius 1 is 1.14 bits per heavy atom. The maximum Gasteiger partial charge on any atom is 0.158 e. The van der Waals surface area contributed by atoms with E-state index >= 15 is 0 Å². The van der Waals surface area contributed by atoms with Gasteiger partial charge >= 0.3 is 0 Å². The average Bonchev–Trinajstić information content (AvgIpc) is 3.54. The molecule has 1 saturated carbocycles. The van der Waals surface area contributed by atoms with Crippen molar-refractivity contribution in [3.05, 3.63) is 23.8 Å². The molecule has 0 aromatic rings. The Labute approximate surface area is 177 Å². The molecule has 1 N–H and O–H groups in total. The molecule has 0 unspecified atom stereocenters. The monoisotopic (exact) mass is 410 g/mol. The molecule has 29 heavy (non-hydrogen) atoms. The van der Waals surface area contributed by atoms with Crippen molar-refractivity contribution < 1.29 is 24.1 Å². The lowest BCUT2D eigenvalue weighted by Crippen LogP contribution is -2.41. The van der Waals surface area contributed by atoms with Gasteiger partial charge in [0.25, 0.3) is 0 Å². The number of hydrogen-bond acceptors (Lipinski definition) is 5. The Morgan fingerprint density at radius 2 is 1.86 bits per heavy atom. The third-order valence-electron chi connectivity index (χ3n) is 6.95. The minimum Gasteiger partial charge on any atom is -0.392 e. The molecule has 0 bridgehead atoms. The average molecular weight is 411 g/mol. The highest BCUT2D eigenvalue weighted by atomic mass is 16.7. The number of aliphatic hydroxyl groups is 1. The molecule has 0 amide bonds. The van der Waals surface area contributed by atoms with E-state index in [1.54, 1.807) is 21.3 Å². The van der Waals surface area contributed by atoms with Crippen LogP contribution in [0.5, 0.6) is 0 Å². The zero-order chi connectivity index (χ0) is 21.6. The first kappa shape index (κ1) is 24.5. The van der Waals surface area contributed by atoms with E-state index in [0.29, 0.717) is 17.8 Å². The van der Waals surface area contributed by atoms with E-state index in [1.807, 2.05) is 6.08 Å². The second kappa shape index (κ2) is 11.6. The minimum absolute atomic E-state index is 0.0510. The van der Waals surface area contributed by atoms with Gasteiger partial charge in [0.1, 0.15) is 6.10 Å². The quantitative estimate of drug-likeness (QED) is 0.513. The number of rotatable bonds is 11. The van der Waals surface area contributed by atoms with Crippen molar-refractivity contribution in [1.82, 2.24) is 0 Å². The van der Waals surface area contributed by atoms with Crippen LogP contribution in [0.1, 0.15) is 53.4 Å². The fourth-order valence-electron chi connectivity index (χ4n) is 4.83. The molecule has 1 aliphatic heterocycles.